The van der Waals surface area contributed by atoms with Gasteiger partial charge in [-0.05, 0) is 49.7 Å². The van der Waals surface area contributed by atoms with Gasteiger partial charge < -0.3 is 5.32 Å². The molecular weight excluding hydrogens is 374 g/mol. The van der Waals surface area contributed by atoms with Gasteiger partial charge in [0.2, 0.25) is 5.13 Å². The van der Waals surface area contributed by atoms with Crippen molar-refractivity contribution in [3.05, 3.63) is 64.7 Å². The lowest BCUT2D eigenvalue weighted by Gasteiger charge is -2.08. The van der Waals surface area contributed by atoms with Gasteiger partial charge in [-0.25, -0.2) is 0 Å². The van der Waals surface area contributed by atoms with E-state index in [1.54, 1.807) is 24.3 Å². The summed E-state index contributed by atoms with van der Waals surface area (Å²) in [5.74, 6) is 0.0466. The van der Waals surface area contributed by atoms with E-state index in [2.05, 4.69) is 15.5 Å². The number of carbonyl (C=O) groups excluding carboxylic acids is 1. The summed E-state index contributed by atoms with van der Waals surface area (Å²) in [5, 5.41) is 12.7. The van der Waals surface area contributed by atoms with Crippen molar-refractivity contribution in [2.24, 2.45) is 0 Å². The highest BCUT2D eigenvalue weighted by molar-refractivity contribution is 8.02. The monoisotopic (exact) mass is 389 g/mol. The fraction of sp³-hybridized carbons (Fsp3) is 0.167. The van der Waals surface area contributed by atoms with E-state index in [-0.39, 0.29) is 11.0 Å². The maximum atomic E-state index is 12.5. The molecule has 3 rings (SSSR count). The lowest BCUT2D eigenvalue weighted by Crippen LogP contribution is -2.13. The van der Waals surface area contributed by atoms with Gasteiger partial charge in [0.05, 0.1) is 5.25 Å². The molecule has 2 aromatic carbocycles. The number of hydrogen-bond acceptors (Lipinski definition) is 6. The maximum absolute atomic E-state index is 12.5. The van der Waals surface area contributed by atoms with E-state index in [1.165, 1.54) is 23.1 Å². The molecule has 1 N–H and O–H groups in total. The average Bonchev–Trinajstić information content (AvgIpc) is 3.04. The third-order valence-corrected chi connectivity index (χ3v) is 5.84. The van der Waals surface area contributed by atoms with Crippen LogP contribution < -0.4 is 5.32 Å². The highest BCUT2D eigenvalue weighted by atomic mass is 35.5. The molecule has 0 unspecified atom stereocenters. The molecule has 0 fully saturated rings. The lowest BCUT2D eigenvalue weighted by atomic mass is 10.1. The molecule has 1 heterocycles. The molecule has 4 nitrogen and oxygen atoms in total. The Balaban J connectivity index is 1.65. The number of benzene rings is 2. The molecule has 25 heavy (non-hydrogen) atoms. The van der Waals surface area contributed by atoms with Crippen LogP contribution in [0, 0.1) is 6.92 Å². The Morgan fingerprint density at radius 3 is 2.60 bits per heavy atom. The Bertz CT molecular complexity index is 880. The van der Waals surface area contributed by atoms with E-state index >= 15 is 0 Å². The predicted octanol–water partition coefficient (Wildman–Crippen LogP) is 5.61. The van der Waals surface area contributed by atoms with Gasteiger partial charge >= 0.3 is 0 Å². The topological polar surface area (TPSA) is 54.9 Å². The molecular formula is C18H16ClN3OS2. The highest BCUT2D eigenvalue weighted by Crippen LogP contribution is 2.32. The lowest BCUT2D eigenvalue weighted by molar-refractivity contribution is 0.0994. The van der Waals surface area contributed by atoms with Gasteiger partial charge in [0, 0.05) is 16.3 Å². The number of halogens is 1. The minimum Gasteiger partial charge on any atom is -0.330 e. The molecule has 0 aliphatic rings. The summed E-state index contributed by atoms with van der Waals surface area (Å²) >= 11 is 8.71. The summed E-state index contributed by atoms with van der Waals surface area (Å²) in [5.41, 5.74) is 2.78. The Kier molecular flexibility index (Phi) is 5.73. The quantitative estimate of drug-likeness (QED) is 0.438. The Morgan fingerprint density at radius 2 is 1.88 bits per heavy atom. The normalized spacial score (nSPS) is 12.0. The Hall–Kier alpha value is -1.89. The van der Waals surface area contributed by atoms with Crippen LogP contribution in [0.1, 0.15) is 22.8 Å². The summed E-state index contributed by atoms with van der Waals surface area (Å²) in [4.78, 5) is 12.5. The number of nitrogens with zero attached hydrogens (tertiary/aromatic N) is 2. The van der Waals surface area contributed by atoms with Gasteiger partial charge in [0.25, 0.3) is 0 Å². The fourth-order valence-electron chi connectivity index (χ4n) is 2.19. The van der Waals surface area contributed by atoms with Crippen molar-refractivity contribution < 1.29 is 4.79 Å². The zero-order chi connectivity index (χ0) is 17.8. The van der Waals surface area contributed by atoms with E-state index in [1.807, 2.05) is 38.1 Å². The number of anilines is 2. The first kappa shape index (κ1) is 17.9. The molecule has 0 radical (unpaired) electrons. The van der Waals surface area contributed by atoms with Gasteiger partial charge in [0.1, 0.15) is 0 Å². The number of thioether (sulfide) groups is 1. The van der Waals surface area contributed by atoms with E-state index in [0.717, 1.165) is 15.6 Å². The van der Waals surface area contributed by atoms with Gasteiger partial charge in [0.15, 0.2) is 10.1 Å². The zero-order valence-corrected chi connectivity index (χ0v) is 16.1. The first-order chi connectivity index (χ1) is 12.0. The molecule has 0 saturated carbocycles. The Labute approximate surface area is 159 Å². The van der Waals surface area contributed by atoms with Crippen LogP contribution >= 0.6 is 34.7 Å². The zero-order valence-electron chi connectivity index (χ0n) is 13.7. The molecule has 0 aliphatic carbocycles. The number of carbonyl (C=O) groups is 1. The third-order valence-electron chi connectivity index (χ3n) is 3.57. The summed E-state index contributed by atoms with van der Waals surface area (Å²) < 4.78 is 0.755. The van der Waals surface area contributed by atoms with Crippen LogP contribution in [0.15, 0.2) is 52.9 Å². The van der Waals surface area contributed by atoms with Crippen molar-refractivity contribution in [2.45, 2.75) is 23.4 Å². The number of ketones is 1. The molecule has 0 spiro atoms. The number of nitrogens with one attached hydrogen (secondary N) is 1. The van der Waals surface area contributed by atoms with Crippen molar-refractivity contribution in [1.29, 1.82) is 0 Å². The standard InChI is InChI=1S/C18H16ClN3OS2/c1-11-5-3-4-6-15(11)20-17-21-22-18(25-17)24-12(2)16(23)13-7-9-14(19)10-8-13/h3-10,12H,1-2H3,(H,20,21)/t12-/m0/s1. The molecule has 7 heteroatoms. The predicted molar refractivity (Wildman–Crippen MR) is 105 cm³/mol. The molecule has 3 aromatic rings. The van der Waals surface area contributed by atoms with E-state index in [4.69, 9.17) is 11.6 Å². The molecule has 1 atom stereocenters. The molecule has 0 bridgehead atoms. The summed E-state index contributed by atoms with van der Waals surface area (Å²) in [6.45, 7) is 3.91. The minimum atomic E-state index is -0.250. The summed E-state index contributed by atoms with van der Waals surface area (Å²) in [7, 11) is 0. The molecule has 0 saturated heterocycles. The number of aryl methyl sites for hydroxylation is 1. The van der Waals surface area contributed by atoms with Gasteiger partial charge in [-0.3, -0.25) is 4.79 Å². The van der Waals surface area contributed by atoms with Crippen molar-refractivity contribution in [1.82, 2.24) is 10.2 Å². The number of hydrogen-bond donors (Lipinski definition) is 1. The van der Waals surface area contributed by atoms with Crippen molar-refractivity contribution in [3.63, 3.8) is 0 Å². The molecule has 0 amide bonds. The van der Waals surface area contributed by atoms with Crippen LogP contribution in [0.2, 0.25) is 5.02 Å². The van der Waals surface area contributed by atoms with Crippen LogP contribution in [0.25, 0.3) is 0 Å². The van der Waals surface area contributed by atoms with Crippen molar-refractivity contribution >= 4 is 51.3 Å². The van der Waals surface area contributed by atoms with Crippen LogP contribution in [0.3, 0.4) is 0 Å². The second-order valence-corrected chi connectivity index (χ2v) is 8.45. The minimum absolute atomic E-state index is 0.0466. The van der Waals surface area contributed by atoms with E-state index < -0.39 is 0 Å². The molecule has 128 valence electrons. The smallest absolute Gasteiger partial charge is 0.210 e. The number of rotatable bonds is 6. The van der Waals surface area contributed by atoms with Gasteiger partial charge in [-0.1, -0.05) is 52.9 Å². The third kappa shape index (κ3) is 4.60. The second-order valence-electron chi connectivity index (χ2n) is 5.44. The van der Waals surface area contributed by atoms with E-state index in [0.29, 0.717) is 15.7 Å². The highest BCUT2D eigenvalue weighted by Gasteiger charge is 2.19. The fourth-order valence-corrected chi connectivity index (χ4v) is 4.30. The largest absolute Gasteiger partial charge is 0.330 e. The molecule has 0 aliphatic heterocycles. The summed E-state index contributed by atoms with van der Waals surface area (Å²) in [6.07, 6.45) is 0. The van der Waals surface area contributed by atoms with Crippen LogP contribution in [-0.4, -0.2) is 21.2 Å². The first-order valence-corrected chi connectivity index (χ1v) is 9.73. The van der Waals surface area contributed by atoms with Crippen molar-refractivity contribution in [3.8, 4) is 0 Å². The van der Waals surface area contributed by atoms with E-state index in [9.17, 15) is 4.79 Å². The summed E-state index contributed by atoms with van der Waals surface area (Å²) in [6, 6.07) is 14.9. The number of para-hydroxylation sites is 1. The Morgan fingerprint density at radius 1 is 1.16 bits per heavy atom. The maximum Gasteiger partial charge on any atom is 0.210 e. The van der Waals surface area contributed by atoms with Crippen LogP contribution in [0.5, 0.6) is 0 Å². The SMILES string of the molecule is Cc1ccccc1Nc1nnc(S[C@@H](C)C(=O)c2ccc(Cl)cc2)s1. The number of Topliss-reactive ketones (excluding diaryl/α,β-unsaturated/α-hetero) is 1. The van der Waals surface area contributed by atoms with Crippen LogP contribution in [-0.2, 0) is 0 Å². The van der Waals surface area contributed by atoms with Gasteiger partial charge in [-0.2, -0.15) is 0 Å². The average molecular weight is 390 g/mol. The number of aromatic nitrogens is 2. The van der Waals surface area contributed by atoms with Gasteiger partial charge in [-0.15, -0.1) is 10.2 Å². The molecule has 1 aromatic heterocycles. The van der Waals surface area contributed by atoms with Crippen LogP contribution in [0.4, 0.5) is 10.8 Å². The first-order valence-electron chi connectivity index (χ1n) is 7.65. The van der Waals surface area contributed by atoms with Crippen molar-refractivity contribution in [2.75, 3.05) is 5.32 Å². The second kappa shape index (κ2) is 7.99.